The van der Waals surface area contributed by atoms with Crippen LogP contribution in [0.3, 0.4) is 0 Å². The van der Waals surface area contributed by atoms with E-state index in [1.807, 2.05) is 25.1 Å². The first-order chi connectivity index (χ1) is 8.99. The van der Waals surface area contributed by atoms with Crippen LogP contribution in [-0.4, -0.2) is 24.5 Å². The number of benzene rings is 1. The molecule has 2 rings (SSSR count). The normalized spacial score (nSPS) is 25.7. The van der Waals surface area contributed by atoms with Gasteiger partial charge in [0.25, 0.3) is 5.91 Å². The summed E-state index contributed by atoms with van der Waals surface area (Å²) in [6, 6.07) is 6.32. The standard InChI is InChI=1S/C15H21BrN2O.ClH/c1-9-4-5-12(13(16)8-9)15(19)18-14-10(2)6-7-17-11(14)3;/h4-5,8,10-11,14,17H,6-7H2,1-3H3,(H,18,19);1H. The number of nitrogens with one attached hydrogen (secondary N) is 2. The summed E-state index contributed by atoms with van der Waals surface area (Å²) in [6.45, 7) is 7.38. The lowest BCUT2D eigenvalue weighted by atomic mass is 9.89. The molecule has 112 valence electrons. The van der Waals surface area contributed by atoms with Crippen LogP contribution in [0.4, 0.5) is 0 Å². The molecule has 5 heteroatoms. The number of aryl methyl sites for hydroxylation is 1. The first-order valence-electron chi connectivity index (χ1n) is 6.79. The van der Waals surface area contributed by atoms with Crippen molar-refractivity contribution < 1.29 is 4.79 Å². The Hall–Kier alpha value is -0.580. The molecular weight excluding hydrogens is 340 g/mol. The summed E-state index contributed by atoms with van der Waals surface area (Å²) in [5.74, 6) is 0.503. The Morgan fingerprint density at radius 3 is 2.70 bits per heavy atom. The van der Waals surface area contributed by atoms with E-state index < -0.39 is 0 Å². The van der Waals surface area contributed by atoms with Crippen LogP contribution in [0, 0.1) is 12.8 Å². The summed E-state index contributed by atoms with van der Waals surface area (Å²) in [6.07, 6.45) is 1.10. The van der Waals surface area contributed by atoms with Crippen molar-refractivity contribution in [3.05, 3.63) is 33.8 Å². The molecule has 1 aliphatic rings. The zero-order chi connectivity index (χ0) is 14.0. The van der Waals surface area contributed by atoms with Gasteiger partial charge < -0.3 is 10.6 Å². The molecule has 1 aromatic rings. The lowest BCUT2D eigenvalue weighted by Crippen LogP contribution is -2.55. The van der Waals surface area contributed by atoms with Gasteiger partial charge in [0.15, 0.2) is 0 Å². The molecule has 1 saturated heterocycles. The van der Waals surface area contributed by atoms with E-state index in [1.165, 1.54) is 0 Å². The first kappa shape index (κ1) is 17.5. The van der Waals surface area contributed by atoms with Gasteiger partial charge in [0, 0.05) is 16.6 Å². The first-order valence-corrected chi connectivity index (χ1v) is 7.58. The van der Waals surface area contributed by atoms with Crippen molar-refractivity contribution in [1.29, 1.82) is 0 Å². The topological polar surface area (TPSA) is 41.1 Å². The van der Waals surface area contributed by atoms with Crippen LogP contribution >= 0.6 is 28.3 Å². The van der Waals surface area contributed by atoms with Gasteiger partial charge in [-0.15, -0.1) is 12.4 Å². The fraction of sp³-hybridized carbons (Fsp3) is 0.533. The summed E-state index contributed by atoms with van der Waals surface area (Å²) in [7, 11) is 0. The predicted octanol–water partition coefficient (Wildman–Crippen LogP) is 3.30. The van der Waals surface area contributed by atoms with Crippen molar-refractivity contribution in [2.75, 3.05) is 6.54 Å². The highest BCUT2D eigenvalue weighted by atomic mass is 79.9. The van der Waals surface area contributed by atoms with Gasteiger partial charge in [0.2, 0.25) is 0 Å². The van der Waals surface area contributed by atoms with Crippen LogP contribution in [0.1, 0.15) is 36.2 Å². The number of piperidine rings is 1. The number of amides is 1. The monoisotopic (exact) mass is 360 g/mol. The second kappa shape index (κ2) is 7.43. The minimum Gasteiger partial charge on any atom is -0.347 e. The number of hydrogen-bond donors (Lipinski definition) is 2. The van der Waals surface area contributed by atoms with E-state index in [-0.39, 0.29) is 24.4 Å². The van der Waals surface area contributed by atoms with E-state index >= 15 is 0 Å². The van der Waals surface area contributed by atoms with Crippen LogP contribution in [0.2, 0.25) is 0 Å². The number of carbonyl (C=O) groups is 1. The van der Waals surface area contributed by atoms with Gasteiger partial charge in [0.1, 0.15) is 0 Å². The van der Waals surface area contributed by atoms with E-state index in [0.717, 1.165) is 23.0 Å². The summed E-state index contributed by atoms with van der Waals surface area (Å²) >= 11 is 3.47. The quantitative estimate of drug-likeness (QED) is 0.848. The molecular formula is C15H22BrClN2O. The SMILES string of the molecule is Cc1ccc(C(=O)NC2C(C)CCNC2C)c(Br)c1.Cl. The van der Waals surface area contributed by atoms with Gasteiger partial charge in [0.05, 0.1) is 5.56 Å². The molecule has 0 saturated carbocycles. The van der Waals surface area contributed by atoms with Gasteiger partial charge in [-0.05, 0) is 66.4 Å². The molecule has 1 fully saturated rings. The molecule has 2 N–H and O–H groups in total. The van der Waals surface area contributed by atoms with Gasteiger partial charge in [-0.2, -0.15) is 0 Å². The molecule has 1 aromatic carbocycles. The lowest BCUT2D eigenvalue weighted by molar-refractivity contribution is 0.0897. The van der Waals surface area contributed by atoms with E-state index in [4.69, 9.17) is 0 Å². The summed E-state index contributed by atoms with van der Waals surface area (Å²) in [5, 5.41) is 6.58. The highest BCUT2D eigenvalue weighted by Gasteiger charge is 2.29. The molecule has 1 amide bonds. The van der Waals surface area contributed by atoms with Crippen molar-refractivity contribution in [3.8, 4) is 0 Å². The minimum absolute atomic E-state index is 0. The number of rotatable bonds is 2. The zero-order valence-electron chi connectivity index (χ0n) is 12.1. The summed E-state index contributed by atoms with van der Waals surface area (Å²) in [4.78, 5) is 12.4. The van der Waals surface area contributed by atoms with Gasteiger partial charge in [-0.1, -0.05) is 13.0 Å². The Kier molecular flexibility index (Phi) is 6.49. The fourth-order valence-corrected chi connectivity index (χ4v) is 3.31. The molecule has 0 aromatic heterocycles. The van der Waals surface area contributed by atoms with E-state index in [0.29, 0.717) is 17.5 Å². The van der Waals surface area contributed by atoms with Crippen LogP contribution in [-0.2, 0) is 0 Å². The van der Waals surface area contributed by atoms with Gasteiger partial charge in [-0.25, -0.2) is 0 Å². The van der Waals surface area contributed by atoms with Crippen molar-refractivity contribution in [3.63, 3.8) is 0 Å². The van der Waals surface area contributed by atoms with Crippen LogP contribution < -0.4 is 10.6 Å². The van der Waals surface area contributed by atoms with Crippen LogP contribution in [0.15, 0.2) is 22.7 Å². The number of carbonyl (C=O) groups excluding carboxylic acids is 1. The van der Waals surface area contributed by atoms with Crippen LogP contribution in [0.5, 0.6) is 0 Å². The zero-order valence-corrected chi connectivity index (χ0v) is 14.5. The van der Waals surface area contributed by atoms with Gasteiger partial charge in [-0.3, -0.25) is 4.79 Å². The molecule has 0 bridgehead atoms. The second-order valence-electron chi connectivity index (χ2n) is 5.49. The Morgan fingerprint density at radius 2 is 2.10 bits per heavy atom. The Bertz CT molecular complexity index is 471. The van der Waals surface area contributed by atoms with Crippen LogP contribution in [0.25, 0.3) is 0 Å². The third-order valence-electron chi connectivity index (χ3n) is 3.88. The molecule has 1 heterocycles. The smallest absolute Gasteiger partial charge is 0.252 e. The molecule has 3 unspecified atom stereocenters. The maximum Gasteiger partial charge on any atom is 0.252 e. The molecule has 0 spiro atoms. The average Bonchev–Trinajstić information content (AvgIpc) is 2.33. The van der Waals surface area contributed by atoms with Crippen molar-refractivity contribution >= 4 is 34.2 Å². The molecule has 3 atom stereocenters. The fourth-order valence-electron chi connectivity index (χ4n) is 2.64. The van der Waals surface area contributed by atoms with E-state index in [2.05, 4.69) is 40.4 Å². The molecule has 0 radical (unpaired) electrons. The lowest BCUT2D eigenvalue weighted by Gasteiger charge is -2.36. The third kappa shape index (κ3) is 3.96. The largest absolute Gasteiger partial charge is 0.347 e. The number of hydrogen-bond acceptors (Lipinski definition) is 2. The second-order valence-corrected chi connectivity index (χ2v) is 6.35. The third-order valence-corrected chi connectivity index (χ3v) is 4.54. The maximum atomic E-state index is 12.4. The highest BCUT2D eigenvalue weighted by molar-refractivity contribution is 9.10. The number of halogens is 2. The highest BCUT2D eigenvalue weighted by Crippen LogP contribution is 2.21. The predicted molar refractivity (Wildman–Crippen MR) is 88.6 cm³/mol. The van der Waals surface area contributed by atoms with E-state index in [1.54, 1.807) is 0 Å². The Labute approximate surface area is 135 Å². The Balaban J connectivity index is 0.00000200. The Morgan fingerprint density at radius 1 is 1.40 bits per heavy atom. The van der Waals surface area contributed by atoms with E-state index in [9.17, 15) is 4.79 Å². The molecule has 20 heavy (non-hydrogen) atoms. The molecule has 1 aliphatic heterocycles. The summed E-state index contributed by atoms with van der Waals surface area (Å²) in [5.41, 5.74) is 1.85. The summed E-state index contributed by atoms with van der Waals surface area (Å²) < 4.78 is 0.856. The maximum absolute atomic E-state index is 12.4. The minimum atomic E-state index is -0.000671. The van der Waals surface area contributed by atoms with Gasteiger partial charge >= 0.3 is 0 Å². The molecule has 0 aliphatic carbocycles. The average molecular weight is 362 g/mol. The van der Waals surface area contributed by atoms with Crippen molar-refractivity contribution in [2.24, 2.45) is 5.92 Å². The van der Waals surface area contributed by atoms with Crippen molar-refractivity contribution in [1.82, 2.24) is 10.6 Å². The molecule has 3 nitrogen and oxygen atoms in total. The van der Waals surface area contributed by atoms with Crippen molar-refractivity contribution in [2.45, 2.75) is 39.3 Å².